The molecule has 1 nitrogen and oxygen atoms in total. The van der Waals surface area contributed by atoms with E-state index >= 15 is 0 Å². The van der Waals surface area contributed by atoms with Gasteiger partial charge in [0.1, 0.15) is 11.6 Å². The number of hydrogen-bond donors (Lipinski definition) is 1. The molecule has 0 spiro atoms. The van der Waals surface area contributed by atoms with E-state index in [0.717, 1.165) is 27.3 Å². The third-order valence-electron chi connectivity index (χ3n) is 2.69. The predicted octanol–water partition coefficient (Wildman–Crippen LogP) is 3.85. The van der Waals surface area contributed by atoms with Gasteiger partial charge in [-0.05, 0) is 58.0 Å². The fourth-order valence-electron chi connectivity index (χ4n) is 1.76. The van der Waals surface area contributed by atoms with Crippen molar-refractivity contribution in [1.82, 2.24) is 0 Å². The Kier molecular flexibility index (Phi) is 4.29. The molecule has 0 heterocycles. The van der Waals surface area contributed by atoms with Gasteiger partial charge in [-0.25, -0.2) is 8.78 Å². The second-order valence-electron chi connectivity index (χ2n) is 3.98. The molecule has 1 N–H and O–H groups in total. The highest BCUT2D eigenvalue weighted by atomic mass is 127. The summed E-state index contributed by atoms with van der Waals surface area (Å²) in [6.45, 7) is 0. The minimum Gasteiger partial charge on any atom is -0.388 e. The Labute approximate surface area is 118 Å². The Morgan fingerprint density at radius 1 is 1.11 bits per heavy atom. The van der Waals surface area contributed by atoms with Crippen LogP contribution in [-0.2, 0) is 6.42 Å². The Hall–Kier alpha value is -1.01. The summed E-state index contributed by atoms with van der Waals surface area (Å²) >= 11 is 2.11. The molecule has 0 amide bonds. The van der Waals surface area contributed by atoms with E-state index < -0.39 is 17.7 Å². The SMILES string of the molecule is OC(Cc1cc(F)ccc1F)c1ccccc1I. The van der Waals surface area contributed by atoms with Crippen LogP contribution in [0.15, 0.2) is 42.5 Å². The van der Waals surface area contributed by atoms with E-state index in [4.69, 9.17) is 0 Å². The van der Waals surface area contributed by atoms with E-state index in [1.807, 2.05) is 18.2 Å². The Balaban J connectivity index is 2.24. The lowest BCUT2D eigenvalue weighted by Crippen LogP contribution is -2.05. The van der Waals surface area contributed by atoms with Crippen LogP contribution in [0.4, 0.5) is 8.78 Å². The first kappa shape index (κ1) is 13.4. The van der Waals surface area contributed by atoms with Crippen LogP contribution in [-0.4, -0.2) is 5.11 Å². The lowest BCUT2D eigenvalue weighted by Gasteiger charge is -2.13. The van der Waals surface area contributed by atoms with E-state index in [0.29, 0.717) is 0 Å². The number of benzene rings is 2. The summed E-state index contributed by atoms with van der Waals surface area (Å²) in [5.41, 5.74) is 0.906. The van der Waals surface area contributed by atoms with Crippen molar-refractivity contribution in [2.75, 3.05) is 0 Å². The lowest BCUT2D eigenvalue weighted by molar-refractivity contribution is 0.176. The molecule has 1 atom stereocenters. The molecule has 0 aromatic heterocycles. The highest BCUT2D eigenvalue weighted by Gasteiger charge is 2.14. The zero-order valence-electron chi connectivity index (χ0n) is 9.41. The van der Waals surface area contributed by atoms with Gasteiger partial charge < -0.3 is 5.11 Å². The Bertz CT molecular complexity index is 557. The van der Waals surface area contributed by atoms with Crippen LogP contribution < -0.4 is 0 Å². The summed E-state index contributed by atoms with van der Waals surface area (Å²) < 4.78 is 27.4. The molecule has 0 aliphatic rings. The van der Waals surface area contributed by atoms with Crippen molar-refractivity contribution in [2.45, 2.75) is 12.5 Å². The summed E-state index contributed by atoms with van der Waals surface area (Å²) in [7, 11) is 0. The topological polar surface area (TPSA) is 20.2 Å². The fourth-order valence-corrected chi connectivity index (χ4v) is 2.51. The molecule has 2 rings (SSSR count). The van der Waals surface area contributed by atoms with Crippen molar-refractivity contribution in [3.05, 3.63) is 68.8 Å². The normalized spacial score (nSPS) is 12.4. The molecule has 0 aliphatic carbocycles. The van der Waals surface area contributed by atoms with Crippen LogP contribution >= 0.6 is 22.6 Å². The molecule has 0 saturated heterocycles. The zero-order valence-corrected chi connectivity index (χ0v) is 11.6. The summed E-state index contributed by atoms with van der Waals surface area (Å²) in [5, 5.41) is 10.1. The van der Waals surface area contributed by atoms with Crippen molar-refractivity contribution in [3.8, 4) is 0 Å². The predicted molar refractivity (Wildman–Crippen MR) is 74.2 cm³/mol. The molecular weight excluding hydrogens is 349 g/mol. The molecule has 18 heavy (non-hydrogen) atoms. The molecule has 0 bridgehead atoms. The molecule has 0 aliphatic heterocycles. The number of hydrogen-bond acceptors (Lipinski definition) is 1. The van der Waals surface area contributed by atoms with Gasteiger partial charge in [0, 0.05) is 9.99 Å². The maximum Gasteiger partial charge on any atom is 0.126 e. The van der Waals surface area contributed by atoms with Gasteiger partial charge in [0.15, 0.2) is 0 Å². The molecule has 94 valence electrons. The first-order valence-electron chi connectivity index (χ1n) is 5.44. The van der Waals surface area contributed by atoms with Gasteiger partial charge in [0.2, 0.25) is 0 Å². The van der Waals surface area contributed by atoms with Crippen molar-refractivity contribution in [2.24, 2.45) is 0 Å². The average Bonchev–Trinajstić information content (AvgIpc) is 2.34. The van der Waals surface area contributed by atoms with E-state index in [-0.39, 0.29) is 12.0 Å². The minimum absolute atomic E-state index is 0.0591. The van der Waals surface area contributed by atoms with Gasteiger partial charge in [-0.2, -0.15) is 0 Å². The van der Waals surface area contributed by atoms with Crippen LogP contribution in [0.25, 0.3) is 0 Å². The highest BCUT2D eigenvalue weighted by Crippen LogP contribution is 2.24. The van der Waals surface area contributed by atoms with Crippen LogP contribution in [0.3, 0.4) is 0 Å². The first-order valence-corrected chi connectivity index (χ1v) is 6.52. The summed E-state index contributed by atoms with van der Waals surface area (Å²) in [5.74, 6) is -0.997. The molecule has 4 heteroatoms. The van der Waals surface area contributed by atoms with Gasteiger partial charge in [-0.1, -0.05) is 18.2 Å². The van der Waals surface area contributed by atoms with Gasteiger partial charge in [-0.3, -0.25) is 0 Å². The van der Waals surface area contributed by atoms with E-state index in [1.54, 1.807) is 6.07 Å². The zero-order chi connectivity index (χ0) is 13.1. The maximum absolute atomic E-state index is 13.5. The Morgan fingerprint density at radius 2 is 1.83 bits per heavy atom. The summed E-state index contributed by atoms with van der Waals surface area (Å²) in [4.78, 5) is 0. The van der Waals surface area contributed by atoms with E-state index in [1.165, 1.54) is 0 Å². The fraction of sp³-hybridized carbons (Fsp3) is 0.143. The second kappa shape index (κ2) is 5.75. The number of aliphatic hydroxyl groups is 1. The van der Waals surface area contributed by atoms with Gasteiger partial charge in [0.05, 0.1) is 6.10 Å². The third kappa shape index (κ3) is 3.05. The highest BCUT2D eigenvalue weighted by molar-refractivity contribution is 14.1. The van der Waals surface area contributed by atoms with E-state index in [9.17, 15) is 13.9 Å². The van der Waals surface area contributed by atoms with Gasteiger partial charge >= 0.3 is 0 Å². The summed E-state index contributed by atoms with van der Waals surface area (Å²) in [6.07, 6.45) is -0.779. The van der Waals surface area contributed by atoms with Crippen LogP contribution in [0.2, 0.25) is 0 Å². The second-order valence-corrected chi connectivity index (χ2v) is 5.14. The third-order valence-corrected chi connectivity index (χ3v) is 3.67. The van der Waals surface area contributed by atoms with Crippen LogP contribution in [0, 0.1) is 15.2 Å². The maximum atomic E-state index is 13.5. The Morgan fingerprint density at radius 3 is 2.56 bits per heavy atom. The van der Waals surface area contributed by atoms with E-state index in [2.05, 4.69) is 22.6 Å². The lowest BCUT2D eigenvalue weighted by atomic mass is 10.0. The van der Waals surface area contributed by atoms with Crippen molar-refractivity contribution >= 4 is 22.6 Å². The molecule has 0 fully saturated rings. The van der Waals surface area contributed by atoms with Crippen molar-refractivity contribution in [1.29, 1.82) is 0 Å². The smallest absolute Gasteiger partial charge is 0.126 e. The first-order chi connectivity index (χ1) is 8.58. The molecular formula is C14H11F2IO. The minimum atomic E-state index is -0.839. The molecule has 2 aromatic carbocycles. The van der Waals surface area contributed by atoms with Gasteiger partial charge in [0.25, 0.3) is 0 Å². The summed E-state index contributed by atoms with van der Waals surface area (Å²) in [6, 6.07) is 10.6. The average molecular weight is 360 g/mol. The molecule has 2 aromatic rings. The molecule has 1 unspecified atom stereocenters. The largest absolute Gasteiger partial charge is 0.388 e. The number of aliphatic hydroxyl groups excluding tert-OH is 1. The number of rotatable bonds is 3. The van der Waals surface area contributed by atoms with Gasteiger partial charge in [-0.15, -0.1) is 0 Å². The van der Waals surface area contributed by atoms with Crippen molar-refractivity contribution < 1.29 is 13.9 Å². The monoisotopic (exact) mass is 360 g/mol. The standard InChI is InChI=1S/C14H11F2IO/c15-10-5-6-12(16)9(7-10)8-14(18)11-3-1-2-4-13(11)17/h1-7,14,18H,8H2. The van der Waals surface area contributed by atoms with Crippen molar-refractivity contribution in [3.63, 3.8) is 0 Å². The number of halogens is 3. The molecule has 0 saturated carbocycles. The molecule has 0 radical (unpaired) electrons. The van der Waals surface area contributed by atoms with Crippen LogP contribution in [0.1, 0.15) is 17.2 Å². The van der Waals surface area contributed by atoms with Crippen LogP contribution in [0.5, 0.6) is 0 Å². The quantitative estimate of drug-likeness (QED) is 0.825.